The smallest absolute Gasteiger partial charge is 0.119 e. The molecule has 4 rings (SSSR count). The summed E-state index contributed by atoms with van der Waals surface area (Å²) in [5.41, 5.74) is 4.86. The molecule has 3 aromatic rings. The first-order chi connectivity index (χ1) is 15.1. The summed E-state index contributed by atoms with van der Waals surface area (Å²) >= 11 is 12.6. The maximum Gasteiger partial charge on any atom is 0.119 e. The van der Waals surface area contributed by atoms with E-state index in [9.17, 15) is 4.39 Å². The van der Waals surface area contributed by atoms with Crippen LogP contribution in [0.1, 0.15) is 31.2 Å². The second-order valence-corrected chi connectivity index (χ2v) is 8.61. The number of rotatable bonds is 7. The zero-order valence-electron chi connectivity index (χ0n) is 17.6. The predicted molar refractivity (Wildman–Crippen MR) is 126 cm³/mol. The topological polar surface area (TPSA) is 30.3 Å². The van der Waals surface area contributed by atoms with Gasteiger partial charge in [0.1, 0.15) is 5.75 Å². The van der Waals surface area contributed by atoms with E-state index in [1.807, 2.05) is 41.2 Å². The average Bonchev–Trinajstić information content (AvgIpc) is 3.12. The van der Waals surface area contributed by atoms with Crippen molar-refractivity contribution in [3.05, 3.63) is 58.1 Å². The summed E-state index contributed by atoms with van der Waals surface area (Å²) in [5, 5.41) is 8.48. The molecule has 164 valence electrons. The van der Waals surface area contributed by atoms with Crippen LogP contribution in [0.3, 0.4) is 0 Å². The standard InChI is InChI=1S/C24H26Cl2FN3O/c1-17-23(21-11-8-19(25)16-22(21)26)28-30(29-13-3-2-4-14-29)24(17)18-6-9-20(10-7-18)31-15-5-12-27/h6-11,16H,2-5,12-15H2,1H3. The van der Waals surface area contributed by atoms with E-state index in [2.05, 4.69) is 11.9 Å². The molecule has 0 N–H and O–H groups in total. The maximum atomic E-state index is 12.3. The zero-order chi connectivity index (χ0) is 21.8. The molecule has 0 aliphatic carbocycles. The third-order valence-electron chi connectivity index (χ3n) is 5.57. The number of aromatic nitrogens is 2. The van der Waals surface area contributed by atoms with Gasteiger partial charge in [0.2, 0.25) is 0 Å². The Hall–Kier alpha value is -2.24. The van der Waals surface area contributed by atoms with Gasteiger partial charge < -0.3 is 4.74 Å². The number of hydrogen-bond acceptors (Lipinski definition) is 3. The van der Waals surface area contributed by atoms with Gasteiger partial charge in [0, 0.05) is 41.2 Å². The molecule has 2 aromatic carbocycles. The summed E-state index contributed by atoms with van der Waals surface area (Å²) in [6.07, 6.45) is 3.94. The highest BCUT2D eigenvalue weighted by atomic mass is 35.5. The fraction of sp³-hybridized carbons (Fsp3) is 0.375. The molecule has 1 saturated heterocycles. The van der Waals surface area contributed by atoms with E-state index < -0.39 is 0 Å². The lowest BCUT2D eigenvalue weighted by Gasteiger charge is -2.30. The number of hydrogen-bond donors (Lipinski definition) is 0. The molecule has 0 unspecified atom stereocenters. The van der Waals surface area contributed by atoms with Gasteiger partial charge in [0.05, 0.1) is 29.7 Å². The van der Waals surface area contributed by atoms with E-state index >= 15 is 0 Å². The summed E-state index contributed by atoms with van der Waals surface area (Å²) in [5.74, 6) is 0.736. The minimum atomic E-state index is -0.373. The van der Waals surface area contributed by atoms with Crippen LogP contribution in [0.15, 0.2) is 42.5 Å². The molecule has 31 heavy (non-hydrogen) atoms. The number of ether oxygens (including phenoxy) is 1. The van der Waals surface area contributed by atoms with Gasteiger partial charge in [-0.25, -0.2) is 0 Å². The van der Waals surface area contributed by atoms with E-state index in [0.29, 0.717) is 23.1 Å². The molecule has 0 radical (unpaired) electrons. The Morgan fingerprint density at radius 3 is 2.45 bits per heavy atom. The summed E-state index contributed by atoms with van der Waals surface area (Å²) in [6, 6.07) is 13.4. The van der Waals surface area contributed by atoms with Gasteiger partial charge in [0.15, 0.2) is 0 Å². The summed E-state index contributed by atoms with van der Waals surface area (Å²) in [7, 11) is 0. The molecule has 0 atom stereocenters. The summed E-state index contributed by atoms with van der Waals surface area (Å²) in [4.78, 5) is 2.04. The molecule has 4 nitrogen and oxygen atoms in total. The highest BCUT2D eigenvalue weighted by molar-refractivity contribution is 6.36. The first-order valence-corrected chi connectivity index (χ1v) is 11.4. The molecular formula is C24H26Cl2FN3O. The van der Waals surface area contributed by atoms with E-state index in [1.165, 1.54) is 6.42 Å². The SMILES string of the molecule is Cc1c(-c2ccc(Cl)cc2Cl)nn(N2CCCCC2)c1-c1ccc(OCCCF)cc1. The Bertz CT molecular complexity index is 1030. The van der Waals surface area contributed by atoms with Crippen molar-refractivity contribution < 1.29 is 9.13 Å². The second kappa shape index (κ2) is 9.92. The fourth-order valence-electron chi connectivity index (χ4n) is 3.98. The summed E-state index contributed by atoms with van der Waals surface area (Å²) < 4.78 is 17.9. The van der Waals surface area contributed by atoms with Crippen LogP contribution in [-0.4, -0.2) is 36.3 Å². The van der Waals surface area contributed by atoms with Crippen molar-refractivity contribution in [2.24, 2.45) is 0 Å². The molecule has 0 spiro atoms. The van der Waals surface area contributed by atoms with Gasteiger partial charge in [-0.2, -0.15) is 9.89 Å². The lowest BCUT2D eigenvalue weighted by atomic mass is 10.0. The quantitative estimate of drug-likeness (QED) is 0.367. The Morgan fingerprint density at radius 1 is 1.03 bits per heavy atom. The number of nitrogens with zero attached hydrogens (tertiary/aromatic N) is 3. The largest absolute Gasteiger partial charge is 0.493 e. The van der Waals surface area contributed by atoms with Crippen LogP contribution in [0, 0.1) is 6.92 Å². The number of benzene rings is 2. The molecular weight excluding hydrogens is 436 g/mol. The Balaban J connectivity index is 1.75. The molecule has 1 aliphatic heterocycles. The van der Waals surface area contributed by atoms with Gasteiger partial charge in [-0.3, -0.25) is 9.40 Å². The zero-order valence-corrected chi connectivity index (χ0v) is 19.1. The summed E-state index contributed by atoms with van der Waals surface area (Å²) in [6.45, 7) is 4.01. The highest BCUT2D eigenvalue weighted by Crippen LogP contribution is 2.37. The minimum absolute atomic E-state index is 0.373. The molecule has 1 fully saturated rings. The van der Waals surface area contributed by atoms with Crippen molar-refractivity contribution in [1.82, 2.24) is 9.89 Å². The van der Waals surface area contributed by atoms with E-state index in [4.69, 9.17) is 33.0 Å². The molecule has 0 amide bonds. The second-order valence-electron chi connectivity index (χ2n) is 7.77. The monoisotopic (exact) mass is 461 g/mol. The third kappa shape index (κ3) is 4.83. The highest BCUT2D eigenvalue weighted by Gasteiger charge is 2.23. The van der Waals surface area contributed by atoms with Crippen LogP contribution in [0.5, 0.6) is 5.75 Å². The van der Waals surface area contributed by atoms with Crippen molar-refractivity contribution in [3.63, 3.8) is 0 Å². The number of halogens is 3. The van der Waals surface area contributed by atoms with Gasteiger partial charge in [0.25, 0.3) is 0 Å². The van der Waals surface area contributed by atoms with E-state index in [-0.39, 0.29) is 6.67 Å². The third-order valence-corrected chi connectivity index (χ3v) is 6.11. The lowest BCUT2D eigenvalue weighted by Crippen LogP contribution is -2.40. The normalized spacial score (nSPS) is 14.1. The van der Waals surface area contributed by atoms with Crippen molar-refractivity contribution in [1.29, 1.82) is 0 Å². The Kier molecular flexibility index (Phi) is 7.03. The van der Waals surface area contributed by atoms with Crippen LogP contribution in [-0.2, 0) is 0 Å². The van der Waals surface area contributed by atoms with Crippen LogP contribution in [0.2, 0.25) is 10.0 Å². The molecule has 0 saturated carbocycles. The lowest BCUT2D eigenvalue weighted by molar-refractivity contribution is 0.289. The van der Waals surface area contributed by atoms with Crippen molar-refractivity contribution in [2.75, 3.05) is 31.4 Å². The maximum absolute atomic E-state index is 12.3. The Labute approximate surface area is 192 Å². The molecule has 7 heteroatoms. The van der Waals surface area contributed by atoms with Crippen LogP contribution in [0.25, 0.3) is 22.5 Å². The number of piperidine rings is 1. The fourth-order valence-corrected chi connectivity index (χ4v) is 4.47. The van der Waals surface area contributed by atoms with Gasteiger partial charge in [-0.05, 0) is 68.7 Å². The van der Waals surface area contributed by atoms with Gasteiger partial charge >= 0.3 is 0 Å². The van der Waals surface area contributed by atoms with Crippen molar-refractivity contribution >= 4 is 23.2 Å². The average molecular weight is 462 g/mol. The first-order valence-electron chi connectivity index (χ1n) is 10.7. The first kappa shape index (κ1) is 22.0. The molecule has 0 bridgehead atoms. The Morgan fingerprint density at radius 2 is 1.77 bits per heavy atom. The van der Waals surface area contributed by atoms with Crippen LogP contribution >= 0.6 is 23.2 Å². The number of alkyl halides is 1. The minimum Gasteiger partial charge on any atom is -0.493 e. The molecule has 1 aromatic heterocycles. The predicted octanol–water partition coefficient (Wildman–Crippen LogP) is 6.69. The molecule has 2 heterocycles. The van der Waals surface area contributed by atoms with Gasteiger partial charge in [-0.15, -0.1) is 0 Å². The van der Waals surface area contributed by atoms with E-state index in [0.717, 1.165) is 59.8 Å². The van der Waals surface area contributed by atoms with Crippen molar-refractivity contribution in [2.45, 2.75) is 32.6 Å². The molecule has 1 aliphatic rings. The van der Waals surface area contributed by atoms with Crippen LogP contribution in [0.4, 0.5) is 4.39 Å². The van der Waals surface area contributed by atoms with E-state index in [1.54, 1.807) is 6.07 Å². The van der Waals surface area contributed by atoms with Crippen molar-refractivity contribution in [3.8, 4) is 28.3 Å². The van der Waals surface area contributed by atoms with Crippen LogP contribution < -0.4 is 9.75 Å². The van der Waals surface area contributed by atoms with Gasteiger partial charge in [-0.1, -0.05) is 23.2 Å².